The molecule has 25 heavy (non-hydrogen) atoms. The summed E-state index contributed by atoms with van der Waals surface area (Å²) < 4.78 is 5.61. The van der Waals surface area contributed by atoms with E-state index in [1.54, 1.807) is 0 Å². The van der Waals surface area contributed by atoms with Gasteiger partial charge < -0.3 is 20.5 Å². The fourth-order valence-corrected chi connectivity index (χ4v) is 3.55. The van der Waals surface area contributed by atoms with Crippen LogP contribution in [0.2, 0.25) is 0 Å². The Kier molecular flexibility index (Phi) is 5.43. The lowest BCUT2D eigenvalue weighted by atomic mass is 9.85. The Hall–Kier alpha value is -2.28. The summed E-state index contributed by atoms with van der Waals surface area (Å²) in [5.74, 6) is 0.0178. The van der Waals surface area contributed by atoms with Crippen molar-refractivity contribution < 1.29 is 19.4 Å². The number of ether oxygens (including phenoxy) is 1. The van der Waals surface area contributed by atoms with Crippen molar-refractivity contribution in [2.75, 3.05) is 19.7 Å². The minimum absolute atomic E-state index is 0.0417. The second kappa shape index (κ2) is 7.74. The average Bonchev–Trinajstić information content (AvgIpc) is 2.56. The number of fused-ring (bicyclic) bond motifs is 1. The lowest BCUT2D eigenvalue weighted by Gasteiger charge is -2.42. The SMILES string of the molecule is CCN(CC(=O)O)C1CC(NC(=O)NC2CCOc3ccccc32)C1. The molecule has 1 fully saturated rings. The molecule has 1 aromatic carbocycles. The van der Waals surface area contributed by atoms with Gasteiger partial charge in [-0.05, 0) is 25.5 Å². The van der Waals surface area contributed by atoms with Gasteiger partial charge in [-0.15, -0.1) is 0 Å². The van der Waals surface area contributed by atoms with Crippen molar-refractivity contribution >= 4 is 12.0 Å². The molecule has 0 spiro atoms. The predicted octanol–water partition coefficient (Wildman–Crippen LogP) is 1.75. The number of rotatable bonds is 6. The van der Waals surface area contributed by atoms with Crippen LogP contribution in [0.1, 0.15) is 37.8 Å². The summed E-state index contributed by atoms with van der Waals surface area (Å²) >= 11 is 0. The summed E-state index contributed by atoms with van der Waals surface area (Å²) in [6.45, 7) is 3.31. The lowest BCUT2D eigenvalue weighted by molar-refractivity contribution is -0.139. The molecule has 2 amide bonds. The Labute approximate surface area is 147 Å². The number of nitrogens with zero attached hydrogens (tertiary/aromatic N) is 1. The maximum absolute atomic E-state index is 12.3. The number of amides is 2. The van der Waals surface area contributed by atoms with Crippen LogP contribution >= 0.6 is 0 Å². The number of benzene rings is 1. The van der Waals surface area contributed by atoms with Crippen LogP contribution in [-0.2, 0) is 4.79 Å². The highest BCUT2D eigenvalue weighted by Gasteiger charge is 2.35. The van der Waals surface area contributed by atoms with E-state index in [4.69, 9.17) is 9.84 Å². The average molecular weight is 347 g/mol. The van der Waals surface area contributed by atoms with E-state index in [9.17, 15) is 9.59 Å². The number of carboxylic acids is 1. The molecule has 3 rings (SSSR count). The fourth-order valence-electron chi connectivity index (χ4n) is 3.55. The summed E-state index contributed by atoms with van der Waals surface area (Å²) in [6.07, 6.45) is 2.33. The summed E-state index contributed by atoms with van der Waals surface area (Å²) in [5.41, 5.74) is 1.01. The van der Waals surface area contributed by atoms with E-state index in [0.29, 0.717) is 13.2 Å². The molecule has 2 aliphatic rings. The molecule has 7 heteroatoms. The maximum atomic E-state index is 12.3. The summed E-state index contributed by atoms with van der Waals surface area (Å²) in [6, 6.07) is 7.87. The van der Waals surface area contributed by atoms with Gasteiger partial charge in [0, 0.05) is 24.1 Å². The lowest BCUT2D eigenvalue weighted by Crippen LogP contribution is -2.56. The molecule has 3 N–H and O–H groups in total. The maximum Gasteiger partial charge on any atom is 0.317 e. The molecule has 1 atom stereocenters. The third-order valence-corrected chi connectivity index (χ3v) is 4.97. The number of para-hydroxylation sites is 1. The van der Waals surface area contributed by atoms with Gasteiger partial charge in [0.15, 0.2) is 0 Å². The monoisotopic (exact) mass is 347 g/mol. The van der Waals surface area contributed by atoms with Crippen LogP contribution in [0, 0.1) is 0 Å². The number of carboxylic acid groups (broad SMARTS) is 1. The number of carbonyl (C=O) groups excluding carboxylic acids is 1. The standard InChI is InChI=1S/C18H25N3O4/c1-2-21(11-17(22)23)13-9-12(10-13)19-18(24)20-15-7-8-25-16-6-4-3-5-14(15)16/h3-6,12-13,15H,2,7-11H2,1H3,(H,22,23)(H2,19,20,24). The second-order valence-corrected chi connectivity index (χ2v) is 6.62. The smallest absolute Gasteiger partial charge is 0.317 e. The van der Waals surface area contributed by atoms with Gasteiger partial charge in [-0.2, -0.15) is 0 Å². The van der Waals surface area contributed by atoms with E-state index in [2.05, 4.69) is 10.6 Å². The molecule has 1 aliphatic heterocycles. The fraction of sp³-hybridized carbons (Fsp3) is 0.556. The van der Waals surface area contributed by atoms with Gasteiger partial charge in [0.25, 0.3) is 0 Å². The van der Waals surface area contributed by atoms with E-state index in [-0.39, 0.29) is 30.7 Å². The van der Waals surface area contributed by atoms with E-state index in [0.717, 1.165) is 30.6 Å². The summed E-state index contributed by atoms with van der Waals surface area (Å²) in [5, 5.41) is 14.9. The molecular formula is C18H25N3O4. The molecule has 0 saturated heterocycles. The molecule has 0 aromatic heterocycles. The topological polar surface area (TPSA) is 90.9 Å². The first-order valence-corrected chi connectivity index (χ1v) is 8.81. The van der Waals surface area contributed by atoms with E-state index in [1.165, 1.54) is 0 Å². The van der Waals surface area contributed by atoms with Crippen LogP contribution in [0.25, 0.3) is 0 Å². The number of nitrogens with one attached hydrogen (secondary N) is 2. The van der Waals surface area contributed by atoms with E-state index < -0.39 is 5.97 Å². The molecule has 1 heterocycles. The molecule has 136 valence electrons. The first-order chi connectivity index (χ1) is 12.1. The third-order valence-electron chi connectivity index (χ3n) is 4.97. The third kappa shape index (κ3) is 4.22. The number of aliphatic carboxylic acids is 1. The number of urea groups is 1. The van der Waals surface area contributed by atoms with Gasteiger partial charge in [0.1, 0.15) is 5.75 Å². The van der Waals surface area contributed by atoms with Crippen molar-refractivity contribution in [1.82, 2.24) is 15.5 Å². The van der Waals surface area contributed by atoms with Crippen molar-refractivity contribution in [3.05, 3.63) is 29.8 Å². The van der Waals surface area contributed by atoms with Gasteiger partial charge in [0.05, 0.1) is 19.2 Å². The van der Waals surface area contributed by atoms with Gasteiger partial charge in [0.2, 0.25) is 0 Å². The zero-order valence-corrected chi connectivity index (χ0v) is 14.4. The van der Waals surface area contributed by atoms with Crippen molar-refractivity contribution in [3.63, 3.8) is 0 Å². The van der Waals surface area contributed by atoms with Gasteiger partial charge >= 0.3 is 12.0 Å². The van der Waals surface area contributed by atoms with Gasteiger partial charge in [-0.25, -0.2) is 4.79 Å². The summed E-state index contributed by atoms with van der Waals surface area (Å²) in [4.78, 5) is 25.1. The van der Waals surface area contributed by atoms with Gasteiger partial charge in [-0.1, -0.05) is 25.1 Å². The molecular weight excluding hydrogens is 322 g/mol. The first-order valence-electron chi connectivity index (χ1n) is 8.81. The number of likely N-dealkylation sites (N-methyl/N-ethyl adjacent to an activating group) is 1. The summed E-state index contributed by atoms with van der Waals surface area (Å²) in [7, 11) is 0. The zero-order chi connectivity index (χ0) is 17.8. The van der Waals surface area contributed by atoms with Crippen molar-refractivity contribution in [3.8, 4) is 5.75 Å². The molecule has 0 bridgehead atoms. The first kappa shape index (κ1) is 17.5. The molecule has 1 aromatic rings. The highest BCUT2D eigenvalue weighted by molar-refractivity contribution is 5.75. The van der Waals surface area contributed by atoms with Crippen LogP contribution in [0.5, 0.6) is 5.75 Å². The zero-order valence-electron chi connectivity index (χ0n) is 14.4. The van der Waals surface area contributed by atoms with Crippen LogP contribution in [-0.4, -0.2) is 53.8 Å². The normalized spacial score (nSPS) is 24.6. The van der Waals surface area contributed by atoms with Crippen molar-refractivity contribution in [1.29, 1.82) is 0 Å². The minimum atomic E-state index is -0.811. The van der Waals surface area contributed by atoms with Crippen LogP contribution < -0.4 is 15.4 Å². The van der Waals surface area contributed by atoms with Crippen molar-refractivity contribution in [2.24, 2.45) is 0 Å². The van der Waals surface area contributed by atoms with Crippen LogP contribution in [0.15, 0.2) is 24.3 Å². The minimum Gasteiger partial charge on any atom is -0.493 e. The highest BCUT2D eigenvalue weighted by atomic mass is 16.5. The Morgan fingerprint density at radius 3 is 2.76 bits per heavy atom. The van der Waals surface area contributed by atoms with E-state index in [1.807, 2.05) is 36.1 Å². The number of carbonyl (C=O) groups is 2. The molecule has 7 nitrogen and oxygen atoms in total. The Morgan fingerprint density at radius 1 is 1.28 bits per heavy atom. The molecule has 1 aliphatic carbocycles. The molecule has 0 radical (unpaired) electrons. The van der Waals surface area contributed by atoms with Crippen LogP contribution in [0.3, 0.4) is 0 Å². The number of hydrogen-bond acceptors (Lipinski definition) is 4. The van der Waals surface area contributed by atoms with Crippen LogP contribution in [0.4, 0.5) is 4.79 Å². The molecule has 1 unspecified atom stereocenters. The predicted molar refractivity (Wildman–Crippen MR) is 92.7 cm³/mol. The Balaban J connectivity index is 1.46. The highest BCUT2D eigenvalue weighted by Crippen LogP contribution is 2.31. The Morgan fingerprint density at radius 2 is 2.04 bits per heavy atom. The van der Waals surface area contributed by atoms with Gasteiger partial charge in [-0.3, -0.25) is 9.69 Å². The second-order valence-electron chi connectivity index (χ2n) is 6.62. The van der Waals surface area contributed by atoms with Crippen molar-refractivity contribution in [2.45, 2.75) is 44.3 Å². The molecule has 1 saturated carbocycles. The Bertz CT molecular complexity index is 631. The van der Waals surface area contributed by atoms with E-state index >= 15 is 0 Å². The number of hydrogen-bond donors (Lipinski definition) is 3. The largest absolute Gasteiger partial charge is 0.493 e. The quantitative estimate of drug-likeness (QED) is 0.729.